The van der Waals surface area contributed by atoms with Crippen molar-refractivity contribution >= 4 is 23.8 Å². The van der Waals surface area contributed by atoms with E-state index >= 15 is 0 Å². The summed E-state index contributed by atoms with van der Waals surface area (Å²) in [6.07, 6.45) is 0. The van der Waals surface area contributed by atoms with Crippen LogP contribution in [0.1, 0.15) is 18.1 Å². The molecule has 0 unspecified atom stereocenters. The van der Waals surface area contributed by atoms with Crippen molar-refractivity contribution < 1.29 is 0 Å². The zero-order valence-electron chi connectivity index (χ0n) is 11.5. The lowest BCUT2D eigenvalue weighted by atomic mass is 10.1. The maximum absolute atomic E-state index is 5.82. The molecule has 0 fully saturated rings. The zero-order chi connectivity index (χ0) is 13.0. The standard InChI is InChI=1S/C16H20N2.ClH/c1-3-18(16-9-4-6-13(2)10-16)12-14-7-5-8-15(17)11-14;/h4-11H,3,12,17H2,1-2H3;1H. The van der Waals surface area contributed by atoms with Crippen molar-refractivity contribution in [2.45, 2.75) is 20.4 Å². The number of aryl methyl sites for hydroxylation is 1. The van der Waals surface area contributed by atoms with Gasteiger partial charge in [0.15, 0.2) is 0 Å². The summed E-state index contributed by atoms with van der Waals surface area (Å²) in [5.74, 6) is 0. The molecule has 0 aromatic heterocycles. The average Bonchev–Trinajstić information content (AvgIpc) is 2.36. The van der Waals surface area contributed by atoms with Gasteiger partial charge in [0, 0.05) is 24.5 Å². The Morgan fingerprint density at radius 2 is 1.79 bits per heavy atom. The molecule has 2 rings (SSSR count). The molecule has 2 N–H and O–H groups in total. The number of anilines is 2. The van der Waals surface area contributed by atoms with Crippen LogP contribution in [0, 0.1) is 6.92 Å². The fourth-order valence-electron chi connectivity index (χ4n) is 2.12. The van der Waals surface area contributed by atoms with Crippen molar-refractivity contribution in [2.24, 2.45) is 0 Å². The zero-order valence-corrected chi connectivity index (χ0v) is 12.3. The lowest BCUT2D eigenvalue weighted by Crippen LogP contribution is -2.22. The van der Waals surface area contributed by atoms with Gasteiger partial charge >= 0.3 is 0 Å². The summed E-state index contributed by atoms with van der Waals surface area (Å²) in [6.45, 7) is 6.18. The second kappa shape index (κ2) is 7.05. The summed E-state index contributed by atoms with van der Waals surface area (Å²) in [4.78, 5) is 2.35. The quantitative estimate of drug-likeness (QED) is 0.855. The lowest BCUT2D eigenvalue weighted by molar-refractivity contribution is 0.831. The van der Waals surface area contributed by atoms with Crippen LogP contribution < -0.4 is 10.6 Å². The highest BCUT2D eigenvalue weighted by molar-refractivity contribution is 5.85. The van der Waals surface area contributed by atoms with Gasteiger partial charge in [-0.2, -0.15) is 0 Å². The third-order valence-electron chi connectivity index (χ3n) is 3.07. The van der Waals surface area contributed by atoms with E-state index < -0.39 is 0 Å². The van der Waals surface area contributed by atoms with Crippen LogP contribution in [0.4, 0.5) is 11.4 Å². The first-order chi connectivity index (χ1) is 8.69. The van der Waals surface area contributed by atoms with Crippen molar-refractivity contribution in [3.63, 3.8) is 0 Å². The molecule has 2 nitrogen and oxygen atoms in total. The predicted octanol–water partition coefficient (Wildman–Crippen LogP) is 4.03. The molecule has 2 aromatic rings. The molecule has 0 amide bonds. The molecule has 0 heterocycles. The van der Waals surface area contributed by atoms with Crippen LogP contribution in [-0.2, 0) is 6.54 Å². The molecule has 0 radical (unpaired) electrons. The molecule has 0 saturated heterocycles. The van der Waals surface area contributed by atoms with E-state index in [9.17, 15) is 0 Å². The second-order valence-corrected chi connectivity index (χ2v) is 4.60. The van der Waals surface area contributed by atoms with Crippen molar-refractivity contribution in [1.82, 2.24) is 0 Å². The third kappa shape index (κ3) is 4.18. The summed E-state index contributed by atoms with van der Waals surface area (Å²) in [6, 6.07) is 16.7. The first kappa shape index (κ1) is 15.4. The highest BCUT2D eigenvalue weighted by atomic mass is 35.5. The van der Waals surface area contributed by atoms with E-state index in [1.54, 1.807) is 0 Å². The maximum atomic E-state index is 5.82. The van der Waals surface area contributed by atoms with E-state index in [4.69, 9.17) is 5.73 Å². The van der Waals surface area contributed by atoms with Crippen LogP contribution in [0.3, 0.4) is 0 Å². The number of nitrogen functional groups attached to an aromatic ring is 1. The van der Waals surface area contributed by atoms with Gasteiger partial charge in [-0.15, -0.1) is 12.4 Å². The van der Waals surface area contributed by atoms with Crippen LogP contribution >= 0.6 is 12.4 Å². The van der Waals surface area contributed by atoms with E-state index in [0.717, 1.165) is 18.8 Å². The minimum atomic E-state index is 0. The number of benzene rings is 2. The van der Waals surface area contributed by atoms with Crippen molar-refractivity contribution in [2.75, 3.05) is 17.2 Å². The van der Waals surface area contributed by atoms with Crippen molar-refractivity contribution in [3.05, 3.63) is 59.7 Å². The predicted molar refractivity (Wildman–Crippen MR) is 86.0 cm³/mol. The Balaban J connectivity index is 0.00000180. The maximum Gasteiger partial charge on any atom is 0.0430 e. The summed E-state index contributed by atoms with van der Waals surface area (Å²) in [7, 11) is 0. The molecular weight excluding hydrogens is 256 g/mol. The molecule has 0 spiro atoms. The second-order valence-electron chi connectivity index (χ2n) is 4.60. The molecule has 19 heavy (non-hydrogen) atoms. The number of nitrogens with two attached hydrogens (primary N) is 1. The van der Waals surface area contributed by atoms with Crippen LogP contribution in [0.5, 0.6) is 0 Å². The molecule has 3 heteroatoms. The SMILES string of the molecule is CCN(Cc1cccc(N)c1)c1cccc(C)c1.Cl. The van der Waals surface area contributed by atoms with E-state index in [1.807, 2.05) is 18.2 Å². The molecule has 0 aliphatic carbocycles. The van der Waals surface area contributed by atoms with E-state index in [2.05, 4.69) is 49.1 Å². The van der Waals surface area contributed by atoms with Gasteiger partial charge in [0.2, 0.25) is 0 Å². The average molecular weight is 277 g/mol. The molecule has 0 atom stereocenters. The Kier molecular flexibility index (Phi) is 5.71. The summed E-state index contributed by atoms with van der Waals surface area (Å²) in [5.41, 5.74) is 10.4. The minimum Gasteiger partial charge on any atom is -0.399 e. The van der Waals surface area contributed by atoms with Crippen molar-refractivity contribution in [3.8, 4) is 0 Å². The van der Waals surface area contributed by atoms with E-state index in [0.29, 0.717) is 0 Å². The van der Waals surface area contributed by atoms with E-state index in [1.165, 1.54) is 16.8 Å². The highest BCUT2D eigenvalue weighted by Gasteiger charge is 2.05. The number of nitrogens with zero attached hydrogens (tertiary/aromatic N) is 1. The summed E-state index contributed by atoms with van der Waals surface area (Å²) >= 11 is 0. The minimum absolute atomic E-state index is 0. The largest absolute Gasteiger partial charge is 0.399 e. The number of hydrogen-bond donors (Lipinski definition) is 1. The summed E-state index contributed by atoms with van der Waals surface area (Å²) in [5, 5.41) is 0. The number of hydrogen-bond acceptors (Lipinski definition) is 2. The lowest BCUT2D eigenvalue weighted by Gasteiger charge is -2.23. The Labute approximate surface area is 121 Å². The smallest absolute Gasteiger partial charge is 0.0430 e. The first-order valence-electron chi connectivity index (χ1n) is 6.35. The molecular formula is C16H21ClN2. The topological polar surface area (TPSA) is 29.3 Å². The van der Waals surface area contributed by atoms with Gasteiger partial charge in [-0.3, -0.25) is 0 Å². The van der Waals surface area contributed by atoms with Gasteiger partial charge in [-0.05, 0) is 49.2 Å². The van der Waals surface area contributed by atoms with Gasteiger partial charge in [0.1, 0.15) is 0 Å². The molecule has 0 aliphatic rings. The molecule has 2 aromatic carbocycles. The molecule has 0 aliphatic heterocycles. The fourth-order valence-corrected chi connectivity index (χ4v) is 2.12. The van der Waals surface area contributed by atoms with Crippen LogP contribution in [0.2, 0.25) is 0 Å². The molecule has 0 saturated carbocycles. The van der Waals surface area contributed by atoms with Gasteiger partial charge < -0.3 is 10.6 Å². The highest BCUT2D eigenvalue weighted by Crippen LogP contribution is 2.19. The Hall–Kier alpha value is -1.67. The van der Waals surface area contributed by atoms with E-state index in [-0.39, 0.29) is 12.4 Å². The third-order valence-corrected chi connectivity index (χ3v) is 3.07. The van der Waals surface area contributed by atoms with Crippen LogP contribution in [-0.4, -0.2) is 6.54 Å². The Morgan fingerprint density at radius 3 is 2.42 bits per heavy atom. The van der Waals surface area contributed by atoms with Crippen LogP contribution in [0.25, 0.3) is 0 Å². The normalized spacial score (nSPS) is 9.79. The monoisotopic (exact) mass is 276 g/mol. The first-order valence-corrected chi connectivity index (χ1v) is 6.35. The van der Waals surface area contributed by atoms with Crippen molar-refractivity contribution in [1.29, 1.82) is 0 Å². The van der Waals surface area contributed by atoms with Gasteiger partial charge in [0.05, 0.1) is 0 Å². The Morgan fingerprint density at radius 1 is 1.05 bits per heavy atom. The van der Waals surface area contributed by atoms with Crippen LogP contribution in [0.15, 0.2) is 48.5 Å². The van der Waals surface area contributed by atoms with Gasteiger partial charge in [0.25, 0.3) is 0 Å². The van der Waals surface area contributed by atoms with Gasteiger partial charge in [-0.25, -0.2) is 0 Å². The fraction of sp³-hybridized carbons (Fsp3) is 0.250. The molecule has 0 bridgehead atoms. The number of rotatable bonds is 4. The molecule has 102 valence electrons. The summed E-state index contributed by atoms with van der Waals surface area (Å²) < 4.78 is 0. The Bertz CT molecular complexity index is 526. The number of halogens is 1. The van der Waals surface area contributed by atoms with Gasteiger partial charge in [-0.1, -0.05) is 24.3 Å².